The summed E-state index contributed by atoms with van der Waals surface area (Å²) in [7, 11) is 0. The van der Waals surface area contributed by atoms with Crippen LogP contribution in [0.3, 0.4) is 0 Å². The lowest BCUT2D eigenvalue weighted by atomic mass is 9.98. The molecule has 3 aliphatic rings. The van der Waals surface area contributed by atoms with Gasteiger partial charge in [0.15, 0.2) is 0 Å². The first kappa shape index (κ1) is 23.5. The zero-order valence-electron chi connectivity index (χ0n) is 17.4. The fourth-order valence-corrected chi connectivity index (χ4v) is 4.35. The van der Waals surface area contributed by atoms with E-state index in [9.17, 15) is 18.0 Å². The molecule has 0 spiro atoms. The van der Waals surface area contributed by atoms with E-state index in [4.69, 9.17) is 14.6 Å². The predicted molar refractivity (Wildman–Crippen MR) is 104 cm³/mol. The largest absolute Gasteiger partial charge is 0.490 e. The zero-order chi connectivity index (χ0) is 22.4. The van der Waals surface area contributed by atoms with E-state index < -0.39 is 12.1 Å². The predicted octanol–water partition coefficient (Wildman–Crippen LogP) is 2.00. The Bertz CT molecular complexity index is 743. The molecule has 1 amide bonds. The highest BCUT2D eigenvalue weighted by Gasteiger charge is 2.38. The minimum Gasteiger partial charge on any atom is -0.475 e. The van der Waals surface area contributed by atoms with Crippen LogP contribution in [-0.4, -0.2) is 82.1 Å². The van der Waals surface area contributed by atoms with Crippen molar-refractivity contribution in [1.29, 1.82) is 0 Å². The Kier molecular flexibility index (Phi) is 7.93. The Morgan fingerprint density at radius 3 is 2.42 bits per heavy atom. The first-order valence-electron chi connectivity index (χ1n) is 10.6. The van der Waals surface area contributed by atoms with Crippen LogP contribution in [0.2, 0.25) is 0 Å². The molecule has 1 unspecified atom stereocenters. The third-order valence-electron chi connectivity index (χ3n) is 5.91. The second-order valence-corrected chi connectivity index (χ2v) is 8.29. The van der Waals surface area contributed by atoms with Crippen molar-refractivity contribution in [2.24, 2.45) is 11.8 Å². The molecule has 4 heterocycles. The number of carboxylic acids is 1. The van der Waals surface area contributed by atoms with Crippen LogP contribution in [0.4, 0.5) is 13.2 Å². The highest BCUT2D eigenvalue weighted by molar-refractivity contribution is 5.79. The van der Waals surface area contributed by atoms with E-state index in [0.29, 0.717) is 18.4 Å². The third-order valence-corrected chi connectivity index (χ3v) is 5.91. The van der Waals surface area contributed by atoms with Crippen LogP contribution in [0.5, 0.6) is 0 Å². The molecule has 2 saturated heterocycles. The van der Waals surface area contributed by atoms with Crippen molar-refractivity contribution in [3.8, 4) is 0 Å². The van der Waals surface area contributed by atoms with Gasteiger partial charge in [-0.25, -0.2) is 4.79 Å². The third kappa shape index (κ3) is 6.67. The van der Waals surface area contributed by atoms with Gasteiger partial charge in [0, 0.05) is 50.9 Å². The number of hydrogen-bond acceptors (Lipinski definition) is 5. The molecular weight excluding hydrogens is 417 g/mol. The van der Waals surface area contributed by atoms with E-state index in [-0.39, 0.29) is 5.92 Å². The number of carboxylic acid groups (broad SMARTS) is 1. The van der Waals surface area contributed by atoms with Gasteiger partial charge in [0.2, 0.25) is 5.91 Å². The van der Waals surface area contributed by atoms with Crippen LogP contribution in [0.15, 0.2) is 12.3 Å². The van der Waals surface area contributed by atoms with E-state index in [2.05, 4.69) is 25.6 Å². The molecule has 3 aliphatic heterocycles. The fraction of sp³-hybridized carbons (Fsp3) is 0.750. The lowest BCUT2D eigenvalue weighted by Crippen LogP contribution is -2.42. The van der Waals surface area contributed by atoms with Crippen molar-refractivity contribution in [2.75, 3.05) is 39.4 Å². The number of halogens is 3. The van der Waals surface area contributed by atoms with E-state index in [1.165, 1.54) is 31.6 Å². The summed E-state index contributed by atoms with van der Waals surface area (Å²) >= 11 is 0. The highest BCUT2D eigenvalue weighted by atomic mass is 19.4. The van der Waals surface area contributed by atoms with Gasteiger partial charge < -0.3 is 19.6 Å². The van der Waals surface area contributed by atoms with E-state index in [1.807, 2.05) is 6.20 Å². The molecular formula is C20H29F3N4O4. The van der Waals surface area contributed by atoms with Crippen molar-refractivity contribution in [3.05, 3.63) is 18.0 Å². The number of fused-ring (bicyclic) bond motifs is 1. The van der Waals surface area contributed by atoms with Crippen LogP contribution in [0.1, 0.15) is 31.4 Å². The number of carbonyl (C=O) groups excluding carboxylic acids is 1. The summed E-state index contributed by atoms with van der Waals surface area (Å²) < 4.78 is 39.3. The van der Waals surface area contributed by atoms with Crippen LogP contribution in [0.25, 0.3) is 0 Å². The summed E-state index contributed by atoms with van der Waals surface area (Å²) in [6, 6.07) is 2.06. The number of likely N-dealkylation sites (tertiary alicyclic amines) is 1. The normalized spacial score (nSPS) is 22.9. The molecule has 1 atom stereocenters. The highest BCUT2D eigenvalue weighted by Crippen LogP contribution is 2.23. The van der Waals surface area contributed by atoms with Gasteiger partial charge in [0.1, 0.15) is 0 Å². The number of nitrogens with zero attached hydrogens (tertiary/aromatic N) is 4. The number of ether oxygens (including phenoxy) is 1. The average molecular weight is 446 g/mol. The second kappa shape index (κ2) is 10.4. The first-order chi connectivity index (χ1) is 14.7. The molecule has 11 heteroatoms. The molecule has 0 aromatic carbocycles. The molecule has 1 aromatic rings. The quantitative estimate of drug-likeness (QED) is 0.764. The number of alkyl halides is 3. The smallest absolute Gasteiger partial charge is 0.475 e. The number of amides is 1. The lowest BCUT2D eigenvalue weighted by molar-refractivity contribution is -0.192. The Balaban J connectivity index is 0.000000339. The summed E-state index contributed by atoms with van der Waals surface area (Å²) in [6.45, 7) is 7.42. The van der Waals surface area contributed by atoms with Crippen molar-refractivity contribution >= 4 is 11.9 Å². The summed E-state index contributed by atoms with van der Waals surface area (Å²) in [5, 5.41) is 11.6. The molecule has 4 rings (SSSR count). The zero-order valence-corrected chi connectivity index (χ0v) is 17.4. The van der Waals surface area contributed by atoms with Gasteiger partial charge in [-0.1, -0.05) is 0 Å². The summed E-state index contributed by atoms with van der Waals surface area (Å²) in [5.74, 6) is -1.83. The van der Waals surface area contributed by atoms with E-state index >= 15 is 0 Å². The maximum absolute atomic E-state index is 13.0. The number of carbonyl (C=O) groups is 2. The minimum absolute atomic E-state index is 0.139. The Morgan fingerprint density at radius 2 is 1.81 bits per heavy atom. The topological polar surface area (TPSA) is 87.9 Å². The van der Waals surface area contributed by atoms with Gasteiger partial charge in [0.05, 0.1) is 12.2 Å². The summed E-state index contributed by atoms with van der Waals surface area (Å²) in [5.41, 5.74) is 1.17. The molecule has 0 radical (unpaired) electrons. The molecule has 8 nitrogen and oxygen atoms in total. The van der Waals surface area contributed by atoms with Crippen molar-refractivity contribution in [2.45, 2.75) is 44.9 Å². The number of rotatable bonds is 3. The molecule has 1 N–H and O–H groups in total. The monoisotopic (exact) mass is 446 g/mol. The van der Waals surface area contributed by atoms with Gasteiger partial charge in [-0.3, -0.25) is 9.48 Å². The SMILES string of the molecule is O=C(C1CCOCC1)N1Cc2ccnn2CC(CN2CCCC2)C1.O=C(O)C(F)(F)F. The van der Waals surface area contributed by atoms with Crippen LogP contribution >= 0.6 is 0 Å². The van der Waals surface area contributed by atoms with Crippen molar-refractivity contribution < 1.29 is 32.6 Å². The van der Waals surface area contributed by atoms with Crippen molar-refractivity contribution in [1.82, 2.24) is 19.6 Å². The second-order valence-electron chi connectivity index (χ2n) is 8.29. The molecule has 0 aliphatic carbocycles. The Morgan fingerprint density at radius 1 is 1.16 bits per heavy atom. The molecule has 0 bridgehead atoms. The average Bonchev–Trinajstić information content (AvgIpc) is 3.36. The first-order valence-corrected chi connectivity index (χ1v) is 10.6. The Labute approximate surface area is 178 Å². The maximum atomic E-state index is 13.0. The molecule has 1 aromatic heterocycles. The number of hydrogen-bond donors (Lipinski definition) is 1. The standard InChI is InChI=1S/C18H28N4O2.C2HF3O2/c23-18(16-4-9-24-10-5-16)21-12-15(11-20-7-1-2-8-20)13-22-17(14-21)3-6-19-22;3-2(4,5)1(6)7/h3,6,15-16H,1-2,4-5,7-14H2;(H,6,7). The lowest BCUT2D eigenvalue weighted by Gasteiger charge is -2.31. The van der Waals surface area contributed by atoms with Gasteiger partial charge in [0.25, 0.3) is 0 Å². The van der Waals surface area contributed by atoms with Crippen LogP contribution < -0.4 is 0 Å². The molecule has 174 valence electrons. The van der Waals surface area contributed by atoms with E-state index in [0.717, 1.165) is 45.7 Å². The Hall–Kier alpha value is -2.14. The molecule has 31 heavy (non-hydrogen) atoms. The van der Waals surface area contributed by atoms with Gasteiger partial charge in [-0.2, -0.15) is 18.3 Å². The maximum Gasteiger partial charge on any atom is 0.490 e. The summed E-state index contributed by atoms with van der Waals surface area (Å²) in [4.78, 5) is 26.6. The minimum atomic E-state index is -5.08. The van der Waals surface area contributed by atoms with Gasteiger partial charge in [-0.05, 0) is 44.8 Å². The molecule has 2 fully saturated rings. The number of aliphatic carboxylic acids is 1. The van der Waals surface area contributed by atoms with Crippen molar-refractivity contribution in [3.63, 3.8) is 0 Å². The fourth-order valence-electron chi connectivity index (χ4n) is 4.35. The number of aromatic nitrogens is 2. The van der Waals surface area contributed by atoms with Gasteiger partial charge in [-0.15, -0.1) is 0 Å². The molecule has 0 saturated carbocycles. The van der Waals surface area contributed by atoms with Gasteiger partial charge >= 0.3 is 12.1 Å². The van der Waals surface area contributed by atoms with Crippen LogP contribution in [0, 0.1) is 11.8 Å². The summed E-state index contributed by atoms with van der Waals surface area (Å²) in [6.07, 6.45) is 1.14. The van der Waals surface area contributed by atoms with E-state index in [1.54, 1.807) is 0 Å². The van der Waals surface area contributed by atoms with Crippen LogP contribution in [-0.2, 0) is 27.4 Å².